The van der Waals surface area contributed by atoms with E-state index in [1.807, 2.05) is 0 Å². The van der Waals surface area contributed by atoms with E-state index in [-0.39, 0.29) is 11.9 Å². The summed E-state index contributed by atoms with van der Waals surface area (Å²) in [5, 5.41) is 0. The summed E-state index contributed by atoms with van der Waals surface area (Å²) in [6, 6.07) is 4.71. The Morgan fingerprint density at radius 1 is 1.46 bits per heavy atom. The van der Waals surface area contributed by atoms with Gasteiger partial charge >= 0.3 is 0 Å². The molecule has 0 aromatic heterocycles. The summed E-state index contributed by atoms with van der Waals surface area (Å²) in [4.78, 5) is 0. The lowest BCUT2D eigenvalue weighted by atomic mass is 10.1. The molecule has 0 fully saturated rings. The van der Waals surface area contributed by atoms with Crippen LogP contribution in [0.2, 0.25) is 0 Å². The van der Waals surface area contributed by atoms with Crippen molar-refractivity contribution >= 4 is 15.9 Å². The first-order chi connectivity index (χ1) is 6.15. The SMILES string of the molecule is NCC[C@H](N)c1ccc(Br)c(F)c1. The molecule has 1 rings (SSSR count). The van der Waals surface area contributed by atoms with E-state index in [1.54, 1.807) is 12.1 Å². The summed E-state index contributed by atoms with van der Waals surface area (Å²) in [7, 11) is 0. The first-order valence-electron chi connectivity index (χ1n) is 4.05. The third-order valence-corrected chi connectivity index (χ3v) is 2.49. The molecule has 0 spiro atoms. The summed E-state index contributed by atoms with van der Waals surface area (Å²) < 4.78 is 13.5. The van der Waals surface area contributed by atoms with E-state index in [1.165, 1.54) is 6.07 Å². The standard InChI is InChI=1S/C9H12BrFN2/c10-7-2-1-6(5-8(7)11)9(13)3-4-12/h1-2,5,9H,3-4,12-13H2/t9-/m0/s1. The van der Waals surface area contributed by atoms with Gasteiger partial charge in [0.05, 0.1) is 4.47 Å². The molecule has 0 saturated carbocycles. The summed E-state index contributed by atoms with van der Waals surface area (Å²) in [6.45, 7) is 0.513. The first-order valence-corrected chi connectivity index (χ1v) is 4.85. The Bertz CT molecular complexity index is 291. The lowest BCUT2D eigenvalue weighted by Gasteiger charge is -2.10. The van der Waals surface area contributed by atoms with Gasteiger partial charge in [0.2, 0.25) is 0 Å². The Balaban J connectivity index is 2.84. The summed E-state index contributed by atoms with van der Waals surface area (Å²) in [5.74, 6) is -0.287. The van der Waals surface area contributed by atoms with Gasteiger partial charge in [-0.25, -0.2) is 4.39 Å². The van der Waals surface area contributed by atoms with Crippen molar-refractivity contribution in [1.82, 2.24) is 0 Å². The van der Waals surface area contributed by atoms with Gasteiger partial charge < -0.3 is 11.5 Å². The van der Waals surface area contributed by atoms with E-state index < -0.39 is 0 Å². The third kappa shape index (κ3) is 2.76. The van der Waals surface area contributed by atoms with Crippen molar-refractivity contribution in [2.75, 3.05) is 6.54 Å². The Labute approximate surface area is 85.2 Å². The minimum absolute atomic E-state index is 0.174. The van der Waals surface area contributed by atoms with Gasteiger partial charge in [-0.1, -0.05) is 6.07 Å². The molecule has 0 aliphatic heterocycles. The molecule has 1 aromatic rings. The Kier molecular flexibility index (Phi) is 3.84. The zero-order valence-electron chi connectivity index (χ0n) is 7.13. The maximum Gasteiger partial charge on any atom is 0.137 e. The average Bonchev–Trinajstić information content (AvgIpc) is 2.10. The number of hydrogen-bond acceptors (Lipinski definition) is 2. The van der Waals surface area contributed by atoms with Crippen LogP contribution in [0.5, 0.6) is 0 Å². The second-order valence-electron chi connectivity index (χ2n) is 2.86. The van der Waals surface area contributed by atoms with E-state index >= 15 is 0 Å². The minimum atomic E-state index is -0.287. The predicted molar refractivity (Wildman–Crippen MR) is 54.7 cm³/mol. The molecule has 0 radical (unpaired) electrons. The lowest BCUT2D eigenvalue weighted by Crippen LogP contribution is -2.15. The zero-order valence-corrected chi connectivity index (χ0v) is 8.72. The van der Waals surface area contributed by atoms with Crippen LogP contribution in [0.1, 0.15) is 18.0 Å². The van der Waals surface area contributed by atoms with Crippen LogP contribution >= 0.6 is 15.9 Å². The molecule has 2 nitrogen and oxygen atoms in total. The van der Waals surface area contributed by atoms with Crippen molar-refractivity contribution in [2.45, 2.75) is 12.5 Å². The highest BCUT2D eigenvalue weighted by molar-refractivity contribution is 9.10. The van der Waals surface area contributed by atoms with Crippen LogP contribution in [-0.2, 0) is 0 Å². The van der Waals surface area contributed by atoms with Crippen molar-refractivity contribution in [2.24, 2.45) is 11.5 Å². The second kappa shape index (κ2) is 4.69. The van der Waals surface area contributed by atoms with Crippen molar-refractivity contribution in [3.05, 3.63) is 34.1 Å². The molecule has 0 amide bonds. The Morgan fingerprint density at radius 3 is 2.69 bits per heavy atom. The van der Waals surface area contributed by atoms with Gasteiger partial charge in [-0.15, -0.1) is 0 Å². The van der Waals surface area contributed by atoms with Crippen LogP contribution in [0.15, 0.2) is 22.7 Å². The van der Waals surface area contributed by atoms with Crippen LogP contribution in [-0.4, -0.2) is 6.54 Å². The van der Waals surface area contributed by atoms with Crippen molar-refractivity contribution < 1.29 is 4.39 Å². The van der Waals surface area contributed by atoms with Gasteiger partial charge in [0.1, 0.15) is 5.82 Å². The van der Waals surface area contributed by atoms with E-state index in [9.17, 15) is 4.39 Å². The molecule has 0 saturated heterocycles. The number of benzene rings is 1. The molecule has 0 unspecified atom stereocenters. The molecular formula is C9H12BrFN2. The Hall–Kier alpha value is -0.450. The van der Waals surface area contributed by atoms with Gasteiger partial charge in [-0.2, -0.15) is 0 Å². The van der Waals surface area contributed by atoms with Crippen molar-refractivity contribution in [1.29, 1.82) is 0 Å². The molecular weight excluding hydrogens is 235 g/mol. The topological polar surface area (TPSA) is 52.0 Å². The molecule has 1 atom stereocenters. The fourth-order valence-corrected chi connectivity index (χ4v) is 1.34. The summed E-state index contributed by atoms with van der Waals surface area (Å²) in [6.07, 6.45) is 0.668. The lowest BCUT2D eigenvalue weighted by molar-refractivity contribution is 0.606. The molecule has 0 aliphatic rings. The van der Waals surface area contributed by atoms with Crippen LogP contribution in [0.25, 0.3) is 0 Å². The molecule has 0 aliphatic carbocycles. The highest BCUT2D eigenvalue weighted by Crippen LogP contribution is 2.20. The number of nitrogens with two attached hydrogens (primary N) is 2. The fourth-order valence-electron chi connectivity index (χ4n) is 1.09. The minimum Gasteiger partial charge on any atom is -0.330 e. The van der Waals surface area contributed by atoms with Crippen LogP contribution < -0.4 is 11.5 Å². The number of rotatable bonds is 3. The smallest absolute Gasteiger partial charge is 0.137 e. The Morgan fingerprint density at radius 2 is 2.15 bits per heavy atom. The highest BCUT2D eigenvalue weighted by atomic mass is 79.9. The van der Waals surface area contributed by atoms with E-state index in [4.69, 9.17) is 11.5 Å². The molecule has 4 N–H and O–H groups in total. The van der Waals surface area contributed by atoms with Crippen molar-refractivity contribution in [3.8, 4) is 0 Å². The van der Waals surface area contributed by atoms with Crippen molar-refractivity contribution in [3.63, 3.8) is 0 Å². The van der Waals surface area contributed by atoms with Gasteiger partial charge in [0.15, 0.2) is 0 Å². The number of halogens is 2. The van der Waals surface area contributed by atoms with Gasteiger partial charge in [0, 0.05) is 6.04 Å². The van der Waals surface area contributed by atoms with Crippen LogP contribution in [0.4, 0.5) is 4.39 Å². The second-order valence-corrected chi connectivity index (χ2v) is 3.71. The molecule has 72 valence electrons. The maximum atomic E-state index is 13.0. The van der Waals surface area contributed by atoms with Crippen LogP contribution in [0, 0.1) is 5.82 Å². The predicted octanol–water partition coefficient (Wildman–Crippen LogP) is 1.94. The van der Waals surface area contributed by atoms with E-state index in [0.29, 0.717) is 17.4 Å². The highest BCUT2D eigenvalue weighted by Gasteiger charge is 2.07. The number of hydrogen-bond donors (Lipinski definition) is 2. The molecule has 4 heteroatoms. The average molecular weight is 247 g/mol. The summed E-state index contributed by atoms with van der Waals surface area (Å²) >= 11 is 3.08. The molecule has 0 bridgehead atoms. The molecule has 0 heterocycles. The van der Waals surface area contributed by atoms with Gasteiger partial charge in [-0.3, -0.25) is 0 Å². The van der Waals surface area contributed by atoms with E-state index in [0.717, 1.165) is 5.56 Å². The summed E-state index contributed by atoms with van der Waals surface area (Å²) in [5.41, 5.74) is 11.9. The largest absolute Gasteiger partial charge is 0.330 e. The molecule has 1 aromatic carbocycles. The van der Waals surface area contributed by atoms with Gasteiger partial charge in [0.25, 0.3) is 0 Å². The normalized spacial score (nSPS) is 12.9. The molecule has 13 heavy (non-hydrogen) atoms. The van der Waals surface area contributed by atoms with E-state index in [2.05, 4.69) is 15.9 Å². The quantitative estimate of drug-likeness (QED) is 0.857. The third-order valence-electron chi connectivity index (χ3n) is 1.85. The maximum absolute atomic E-state index is 13.0. The fraction of sp³-hybridized carbons (Fsp3) is 0.333. The first kappa shape index (κ1) is 10.6. The van der Waals surface area contributed by atoms with Gasteiger partial charge in [-0.05, 0) is 46.6 Å². The van der Waals surface area contributed by atoms with Crippen LogP contribution in [0.3, 0.4) is 0 Å². The monoisotopic (exact) mass is 246 g/mol. The zero-order chi connectivity index (χ0) is 9.84.